The van der Waals surface area contributed by atoms with E-state index in [0.717, 1.165) is 17.7 Å². The number of aromatic nitrogens is 2. The van der Waals surface area contributed by atoms with E-state index in [0.29, 0.717) is 6.54 Å². The van der Waals surface area contributed by atoms with Crippen LogP contribution < -0.4 is 5.73 Å². The van der Waals surface area contributed by atoms with Gasteiger partial charge in [0.25, 0.3) is 0 Å². The van der Waals surface area contributed by atoms with Crippen LogP contribution in [0.5, 0.6) is 0 Å². The van der Waals surface area contributed by atoms with Gasteiger partial charge < -0.3 is 5.73 Å². The summed E-state index contributed by atoms with van der Waals surface area (Å²) in [4.78, 5) is 8.26. The van der Waals surface area contributed by atoms with Gasteiger partial charge in [-0.1, -0.05) is 24.3 Å². The van der Waals surface area contributed by atoms with Crippen molar-refractivity contribution in [3.63, 3.8) is 0 Å². The molecule has 1 aromatic heterocycles. The van der Waals surface area contributed by atoms with E-state index in [-0.39, 0.29) is 0 Å². The Bertz CT molecular complexity index is 409. The first-order chi connectivity index (χ1) is 7.38. The molecule has 0 atom stereocenters. The average molecular weight is 199 g/mol. The van der Waals surface area contributed by atoms with Gasteiger partial charge in [0.05, 0.1) is 5.69 Å². The fourth-order valence-electron chi connectivity index (χ4n) is 1.42. The molecular formula is C12H13N3. The summed E-state index contributed by atoms with van der Waals surface area (Å²) in [7, 11) is 0. The number of benzene rings is 1. The first-order valence-electron chi connectivity index (χ1n) is 4.91. The van der Waals surface area contributed by atoms with Gasteiger partial charge in [-0.3, -0.25) is 9.97 Å². The summed E-state index contributed by atoms with van der Waals surface area (Å²) < 4.78 is 0. The van der Waals surface area contributed by atoms with Crippen molar-refractivity contribution < 1.29 is 0 Å². The summed E-state index contributed by atoms with van der Waals surface area (Å²) in [6.07, 6.45) is 6.00. The molecule has 0 saturated carbocycles. The van der Waals surface area contributed by atoms with E-state index in [1.54, 1.807) is 18.6 Å². The van der Waals surface area contributed by atoms with Crippen LogP contribution in [0.4, 0.5) is 0 Å². The van der Waals surface area contributed by atoms with Gasteiger partial charge in [0.1, 0.15) is 0 Å². The lowest BCUT2D eigenvalue weighted by Gasteiger charge is -2.01. The molecule has 0 amide bonds. The molecule has 0 aliphatic heterocycles. The van der Waals surface area contributed by atoms with Crippen molar-refractivity contribution >= 4 is 0 Å². The second kappa shape index (κ2) is 4.66. The fraction of sp³-hybridized carbons (Fsp3) is 0.167. The molecule has 0 spiro atoms. The van der Waals surface area contributed by atoms with E-state index < -0.39 is 0 Å². The van der Waals surface area contributed by atoms with Gasteiger partial charge in [-0.05, 0) is 11.1 Å². The lowest BCUT2D eigenvalue weighted by molar-refractivity contribution is 1.02. The number of hydrogen-bond donors (Lipinski definition) is 1. The van der Waals surface area contributed by atoms with Crippen LogP contribution in [0.3, 0.4) is 0 Å². The van der Waals surface area contributed by atoms with Gasteiger partial charge in [0, 0.05) is 31.6 Å². The predicted molar refractivity (Wildman–Crippen MR) is 59.2 cm³/mol. The normalized spacial score (nSPS) is 10.2. The molecule has 15 heavy (non-hydrogen) atoms. The summed E-state index contributed by atoms with van der Waals surface area (Å²) in [6.45, 7) is 0.589. The highest BCUT2D eigenvalue weighted by atomic mass is 14.8. The Kier molecular flexibility index (Phi) is 3.05. The zero-order valence-electron chi connectivity index (χ0n) is 8.43. The summed E-state index contributed by atoms with van der Waals surface area (Å²) in [5.74, 6) is 0. The molecule has 0 radical (unpaired) electrons. The number of nitrogens with zero attached hydrogens (tertiary/aromatic N) is 2. The Balaban J connectivity index is 2.11. The molecule has 0 saturated heterocycles. The Hall–Kier alpha value is -1.74. The Labute approximate surface area is 89.0 Å². The van der Waals surface area contributed by atoms with Crippen LogP contribution in [-0.2, 0) is 13.0 Å². The maximum absolute atomic E-state index is 5.53. The molecule has 2 N–H and O–H groups in total. The number of rotatable bonds is 3. The van der Waals surface area contributed by atoms with Crippen molar-refractivity contribution in [3.05, 3.63) is 59.7 Å². The molecule has 76 valence electrons. The molecule has 1 aromatic carbocycles. The highest BCUT2D eigenvalue weighted by Gasteiger charge is 1.97. The molecule has 2 rings (SSSR count). The lowest BCUT2D eigenvalue weighted by atomic mass is 10.1. The highest BCUT2D eigenvalue weighted by molar-refractivity contribution is 5.25. The second-order valence-corrected chi connectivity index (χ2v) is 3.39. The van der Waals surface area contributed by atoms with Gasteiger partial charge in [0.2, 0.25) is 0 Å². The van der Waals surface area contributed by atoms with Crippen molar-refractivity contribution in [2.75, 3.05) is 0 Å². The third kappa shape index (κ3) is 2.60. The molecule has 0 unspecified atom stereocenters. The van der Waals surface area contributed by atoms with Gasteiger partial charge in [-0.15, -0.1) is 0 Å². The molecule has 0 aliphatic carbocycles. The van der Waals surface area contributed by atoms with Crippen LogP contribution in [0.2, 0.25) is 0 Å². The third-order valence-electron chi connectivity index (χ3n) is 2.26. The molecule has 3 heteroatoms. The van der Waals surface area contributed by atoms with Crippen LogP contribution in [0.25, 0.3) is 0 Å². The minimum Gasteiger partial charge on any atom is -0.326 e. The largest absolute Gasteiger partial charge is 0.326 e. The van der Waals surface area contributed by atoms with Crippen molar-refractivity contribution in [1.29, 1.82) is 0 Å². The number of nitrogens with two attached hydrogens (primary N) is 1. The van der Waals surface area contributed by atoms with Crippen molar-refractivity contribution in [2.45, 2.75) is 13.0 Å². The monoisotopic (exact) mass is 199 g/mol. The second-order valence-electron chi connectivity index (χ2n) is 3.39. The van der Waals surface area contributed by atoms with Crippen LogP contribution in [0.1, 0.15) is 16.8 Å². The lowest BCUT2D eigenvalue weighted by Crippen LogP contribution is -1.97. The van der Waals surface area contributed by atoms with Crippen molar-refractivity contribution in [3.8, 4) is 0 Å². The smallest absolute Gasteiger partial charge is 0.0630 e. The molecule has 1 heterocycles. The number of hydrogen-bond acceptors (Lipinski definition) is 3. The zero-order chi connectivity index (χ0) is 10.5. The molecule has 3 nitrogen and oxygen atoms in total. The Morgan fingerprint density at radius 2 is 1.73 bits per heavy atom. The zero-order valence-corrected chi connectivity index (χ0v) is 8.43. The van der Waals surface area contributed by atoms with E-state index >= 15 is 0 Å². The first-order valence-corrected chi connectivity index (χ1v) is 4.91. The van der Waals surface area contributed by atoms with E-state index in [1.807, 2.05) is 12.1 Å². The fourth-order valence-corrected chi connectivity index (χ4v) is 1.42. The van der Waals surface area contributed by atoms with Crippen LogP contribution in [-0.4, -0.2) is 9.97 Å². The summed E-state index contributed by atoms with van der Waals surface area (Å²) in [5.41, 5.74) is 8.89. The van der Waals surface area contributed by atoms with Crippen LogP contribution >= 0.6 is 0 Å². The van der Waals surface area contributed by atoms with E-state index in [2.05, 4.69) is 22.1 Å². The van der Waals surface area contributed by atoms with Gasteiger partial charge >= 0.3 is 0 Å². The summed E-state index contributed by atoms with van der Waals surface area (Å²) in [6, 6.07) is 8.26. The van der Waals surface area contributed by atoms with Crippen molar-refractivity contribution in [2.24, 2.45) is 5.73 Å². The maximum Gasteiger partial charge on any atom is 0.0630 e. The molecule has 0 bridgehead atoms. The molecule has 0 aliphatic rings. The van der Waals surface area contributed by atoms with Crippen molar-refractivity contribution in [1.82, 2.24) is 9.97 Å². The SMILES string of the molecule is NCc1ccc(Cc2cnccn2)cc1. The minimum atomic E-state index is 0.589. The first kappa shape index (κ1) is 9.80. The molecular weight excluding hydrogens is 186 g/mol. The Morgan fingerprint density at radius 1 is 1.00 bits per heavy atom. The van der Waals surface area contributed by atoms with Gasteiger partial charge in [-0.25, -0.2) is 0 Å². The quantitative estimate of drug-likeness (QED) is 0.815. The summed E-state index contributed by atoms with van der Waals surface area (Å²) >= 11 is 0. The predicted octanol–water partition coefficient (Wildman–Crippen LogP) is 1.53. The average Bonchev–Trinajstić information content (AvgIpc) is 2.31. The third-order valence-corrected chi connectivity index (χ3v) is 2.26. The van der Waals surface area contributed by atoms with E-state index in [1.165, 1.54) is 5.56 Å². The maximum atomic E-state index is 5.53. The Morgan fingerprint density at radius 3 is 2.33 bits per heavy atom. The molecule has 0 fully saturated rings. The summed E-state index contributed by atoms with van der Waals surface area (Å²) in [5, 5.41) is 0. The standard InChI is InChI=1S/C12H13N3/c13-8-11-3-1-10(2-4-11)7-12-9-14-5-6-15-12/h1-6,9H,7-8,13H2. The van der Waals surface area contributed by atoms with E-state index in [4.69, 9.17) is 5.73 Å². The van der Waals surface area contributed by atoms with Gasteiger partial charge in [0.15, 0.2) is 0 Å². The van der Waals surface area contributed by atoms with Crippen LogP contribution in [0, 0.1) is 0 Å². The highest BCUT2D eigenvalue weighted by Crippen LogP contribution is 2.07. The van der Waals surface area contributed by atoms with Crippen LogP contribution in [0.15, 0.2) is 42.9 Å². The molecule has 2 aromatic rings. The van der Waals surface area contributed by atoms with E-state index in [9.17, 15) is 0 Å². The van der Waals surface area contributed by atoms with Gasteiger partial charge in [-0.2, -0.15) is 0 Å². The minimum absolute atomic E-state index is 0.589. The topological polar surface area (TPSA) is 51.8 Å².